The number of allylic oxidation sites excluding steroid dienone is 2. The van der Waals surface area contributed by atoms with Crippen molar-refractivity contribution in [1.29, 1.82) is 0 Å². The van der Waals surface area contributed by atoms with E-state index in [-0.39, 0.29) is 5.78 Å². The largest absolute Gasteiger partial charge is 0.288 e. The standard InChI is InChI=1S/C12H15NO/c1-8(2)5-11(14)12-10(4)6-9(3)7-13-12/h5-7H,1-4H3. The van der Waals surface area contributed by atoms with E-state index in [9.17, 15) is 4.79 Å². The molecule has 0 aromatic carbocycles. The Bertz CT molecular complexity index is 387. The predicted octanol–water partition coefficient (Wildman–Crippen LogP) is 2.85. The lowest BCUT2D eigenvalue weighted by Gasteiger charge is -2.01. The molecule has 0 amide bonds. The maximum Gasteiger partial charge on any atom is 0.204 e. The summed E-state index contributed by atoms with van der Waals surface area (Å²) in [7, 11) is 0. The van der Waals surface area contributed by atoms with Crippen LogP contribution < -0.4 is 0 Å². The van der Waals surface area contributed by atoms with E-state index in [1.165, 1.54) is 0 Å². The molecule has 0 saturated carbocycles. The van der Waals surface area contributed by atoms with Gasteiger partial charge in [-0.3, -0.25) is 9.78 Å². The molecule has 1 aromatic heterocycles. The minimum atomic E-state index is -0.0116. The zero-order valence-corrected chi connectivity index (χ0v) is 9.09. The van der Waals surface area contributed by atoms with Gasteiger partial charge in [-0.05, 0) is 44.9 Å². The van der Waals surface area contributed by atoms with Crippen LogP contribution in [0.2, 0.25) is 0 Å². The molecule has 0 unspecified atom stereocenters. The normalized spacial score (nSPS) is 9.71. The average molecular weight is 189 g/mol. The molecule has 0 atom stereocenters. The first-order valence-corrected chi connectivity index (χ1v) is 4.63. The topological polar surface area (TPSA) is 30.0 Å². The van der Waals surface area contributed by atoms with Crippen LogP contribution >= 0.6 is 0 Å². The number of hydrogen-bond donors (Lipinski definition) is 0. The van der Waals surface area contributed by atoms with E-state index in [1.54, 1.807) is 12.3 Å². The van der Waals surface area contributed by atoms with Gasteiger partial charge in [0, 0.05) is 6.20 Å². The van der Waals surface area contributed by atoms with Gasteiger partial charge in [-0.2, -0.15) is 0 Å². The summed E-state index contributed by atoms with van der Waals surface area (Å²) in [5, 5.41) is 0. The number of hydrogen-bond acceptors (Lipinski definition) is 2. The number of carbonyl (C=O) groups is 1. The minimum absolute atomic E-state index is 0.0116. The summed E-state index contributed by atoms with van der Waals surface area (Å²) in [4.78, 5) is 15.8. The highest BCUT2D eigenvalue weighted by molar-refractivity contribution is 6.04. The van der Waals surface area contributed by atoms with Crippen LogP contribution in [0.25, 0.3) is 0 Å². The lowest BCUT2D eigenvalue weighted by atomic mass is 10.1. The van der Waals surface area contributed by atoms with Gasteiger partial charge >= 0.3 is 0 Å². The minimum Gasteiger partial charge on any atom is -0.288 e. The first-order valence-electron chi connectivity index (χ1n) is 4.63. The van der Waals surface area contributed by atoms with Crippen LogP contribution in [0.5, 0.6) is 0 Å². The summed E-state index contributed by atoms with van der Waals surface area (Å²) in [5.74, 6) is -0.0116. The van der Waals surface area contributed by atoms with E-state index in [0.29, 0.717) is 5.69 Å². The molecule has 1 aromatic rings. The fraction of sp³-hybridized carbons (Fsp3) is 0.333. The molecular weight excluding hydrogens is 174 g/mol. The number of aryl methyl sites for hydroxylation is 2. The summed E-state index contributed by atoms with van der Waals surface area (Å²) >= 11 is 0. The Balaban J connectivity index is 3.08. The zero-order chi connectivity index (χ0) is 10.7. The van der Waals surface area contributed by atoms with Crippen molar-refractivity contribution < 1.29 is 4.79 Å². The van der Waals surface area contributed by atoms with Crippen molar-refractivity contribution in [2.24, 2.45) is 0 Å². The molecule has 1 heterocycles. The Morgan fingerprint density at radius 3 is 2.50 bits per heavy atom. The second-order valence-corrected chi connectivity index (χ2v) is 3.76. The van der Waals surface area contributed by atoms with E-state index >= 15 is 0 Å². The highest BCUT2D eigenvalue weighted by atomic mass is 16.1. The Labute approximate surface area is 84.7 Å². The van der Waals surface area contributed by atoms with Crippen molar-refractivity contribution >= 4 is 5.78 Å². The number of nitrogens with zero attached hydrogens (tertiary/aromatic N) is 1. The van der Waals surface area contributed by atoms with Gasteiger partial charge in [-0.25, -0.2) is 0 Å². The third kappa shape index (κ3) is 2.52. The Morgan fingerprint density at radius 2 is 2.00 bits per heavy atom. The molecule has 2 heteroatoms. The first-order chi connectivity index (χ1) is 6.50. The van der Waals surface area contributed by atoms with Crippen LogP contribution in [0.15, 0.2) is 23.9 Å². The van der Waals surface area contributed by atoms with Crippen LogP contribution in [0.4, 0.5) is 0 Å². The van der Waals surface area contributed by atoms with E-state index in [1.807, 2.05) is 33.8 Å². The summed E-state index contributed by atoms with van der Waals surface area (Å²) in [6.07, 6.45) is 3.34. The maximum atomic E-state index is 11.6. The van der Waals surface area contributed by atoms with Crippen molar-refractivity contribution in [1.82, 2.24) is 4.98 Å². The van der Waals surface area contributed by atoms with Gasteiger partial charge in [0.15, 0.2) is 0 Å². The molecule has 0 aliphatic carbocycles. The summed E-state index contributed by atoms with van der Waals surface area (Å²) in [5.41, 5.74) is 3.57. The van der Waals surface area contributed by atoms with Crippen molar-refractivity contribution in [3.8, 4) is 0 Å². The molecule has 0 spiro atoms. The van der Waals surface area contributed by atoms with Gasteiger partial charge in [-0.15, -0.1) is 0 Å². The molecule has 1 rings (SSSR count). The van der Waals surface area contributed by atoms with Crippen LogP contribution in [-0.2, 0) is 0 Å². The van der Waals surface area contributed by atoms with Crippen LogP contribution in [0.3, 0.4) is 0 Å². The van der Waals surface area contributed by atoms with E-state index in [0.717, 1.165) is 16.7 Å². The monoisotopic (exact) mass is 189 g/mol. The fourth-order valence-electron chi connectivity index (χ4n) is 1.30. The molecule has 0 aliphatic heterocycles. The second-order valence-electron chi connectivity index (χ2n) is 3.76. The van der Waals surface area contributed by atoms with Gasteiger partial charge in [0.25, 0.3) is 0 Å². The van der Waals surface area contributed by atoms with Crippen LogP contribution in [0, 0.1) is 13.8 Å². The van der Waals surface area contributed by atoms with Crippen molar-refractivity contribution in [2.75, 3.05) is 0 Å². The SMILES string of the molecule is CC(C)=CC(=O)c1ncc(C)cc1C. The van der Waals surface area contributed by atoms with E-state index in [4.69, 9.17) is 0 Å². The van der Waals surface area contributed by atoms with Gasteiger partial charge in [-0.1, -0.05) is 11.6 Å². The lowest BCUT2D eigenvalue weighted by molar-refractivity contribution is 0.104. The number of carbonyl (C=O) groups excluding carboxylic acids is 1. The zero-order valence-electron chi connectivity index (χ0n) is 9.09. The summed E-state index contributed by atoms with van der Waals surface area (Å²) < 4.78 is 0. The molecular formula is C12H15NO. The van der Waals surface area contributed by atoms with Crippen LogP contribution in [0.1, 0.15) is 35.5 Å². The summed E-state index contributed by atoms with van der Waals surface area (Å²) in [6.45, 7) is 7.68. The number of ketones is 1. The fourth-order valence-corrected chi connectivity index (χ4v) is 1.30. The molecule has 74 valence electrons. The Hall–Kier alpha value is -1.44. The number of aromatic nitrogens is 1. The second kappa shape index (κ2) is 4.18. The molecule has 0 radical (unpaired) electrons. The molecule has 14 heavy (non-hydrogen) atoms. The third-order valence-electron chi connectivity index (χ3n) is 1.87. The summed E-state index contributed by atoms with van der Waals surface area (Å²) in [6, 6.07) is 1.97. The maximum absolute atomic E-state index is 11.6. The van der Waals surface area contributed by atoms with Gasteiger partial charge in [0.2, 0.25) is 5.78 Å². The smallest absolute Gasteiger partial charge is 0.204 e. The lowest BCUT2D eigenvalue weighted by Crippen LogP contribution is -2.02. The Kier molecular flexibility index (Phi) is 3.18. The first kappa shape index (κ1) is 10.6. The highest BCUT2D eigenvalue weighted by Gasteiger charge is 2.07. The number of pyridine rings is 1. The highest BCUT2D eigenvalue weighted by Crippen LogP contribution is 2.09. The molecule has 2 nitrogen and oxygen atoms in total. The molecule has 0 bridgehead atoms. The van der Waals surface area contributed by atoms with Crippen molar-refractivity contribution in [3.05, 3.63) is 40.7 Å². The quantitative estimate of drug-likeness (QED) is 0.529. The van der Waals surface area contributed by atoms with E-state index in [2.05, 4.69) is 4.98 Å². The van der Waals surface area contributed by atoms with Crippen molar-refractivity contribution in [2.45, 2.75) is 27.7 Å². The average Bonchev–Trinajstić information content (AvgIpc) is 2.01. The molecule has 0 fully saturated rings. The number of rotatable bonds is 2. The predicted molar refractivity (Wildman–Crippen MR) is 57.5 cm³/mol. The van der Waals surface area contributed by atoms with Gasteiger partial charge in [0.05, 0.1) is 0 Å². The molecule has 0 N–H and O–H groups in total. The van der Waals surface area contributed by atoms with Crippen LogP contribution in [-0.4, -0.2) is 10.8 Å². The molecule has 0 saturated heterocycles. The van der Waals surface area contributed by atoms with E-state index < -0.39 is 0 Å². The van der Waals surface area contributed by atoms with Gasteiger partial charge < -0.3 is 0 Å². The molecule has 0 aliphatic rings. The van der Waals surface area contributed by atoms with Crippen molar-refractivity contribution in [3.63, 3.8) is 0 Å². The third-order valence-corrected chi connectivity index (χ3v) is 1.87. The van der Waals surface area contributed by atoms with Gasteiger partial charge in [0.1, 0.15) is 5.69 Å². The Morgan fingerprint density at radius 1 is 1.36 bits per heavy atom.